The average Bonchev–Trinajstić information content (AvgIpc) is 2.80. The van der Waals surface area contributed by atoms with Crippen molar-refractivity contribution in [3.8, 4) is 11.5 Å². The van der Waals surface area contributed by atoms with Crippen molar-refractivity contribution in [3.63, 3.8) is 0 Å². The number of anilines is 3. The number of ether oxygens (including phenoxy) is 1. The van der Waals surface area contributed by atoms with E-state index in [1.807, 2.05) is 24.3 Å². The zero-order valence-corrected chi connectivity index (χ0v) is 20.4. The van der Waals surface area contributed by atoms with E-state index in [4.69, 9.17) is 16.2 Å². The number of benzene rings is 4. The fraction of sp³-hybridized carbons (Fsp3) is 0.167. The second-order valence-corrected chi connectivity index (χ2v) is 9.37. The summed E-state index contributed by atoms with van der Waals surface area (Å²) < 4.78 is 6.43. The Hall–Kier alpha value is -4.25. The molecule has 1 heterocycles. The Morgan fingerprint density at radius 2 is 1.34 bits per heavy atom. The monoisotopic (exact) mass is 463 g/mol. The Labute approximate surface area is 205 Å². The molecule has 35 heavy (non-hydrogen) atoms. The first-order valence-electron chi connectivity index (χ1n) is 11.7. The summed E-state index contributed by atoms with van der Waals surface area (Å²) in [6.45, 7) is 8.30. The fourth-order valence-corrected chi connectivity index (χ4v) is 5.21. The molecule has 0 spiro atoms. The third-order valence-electron chi connectivity index (χ3n) is 6.68. The second-order valence-electron chi connectivity index (χ2n) is 9.37. The quantitative estimate of drug-likeness (QED) is 0.262. The third-order valence-corrected chi connectivity index (χ3v) is 6.68. The van der Waals surface area contributed by atoms with Gasteiger partial charge in [-0.2, -0.15) is 0 Å². The van der Waals surface area contributed by atoms with Gasteiger partial charge in [-0.3, -0.25) is 4.79 Å². The number of rotatable bonds is 3. The lowest BCUT2D eigenvalue weighted by Gasteiger charge is -2.33. The fourth-order valence-electron chi connectivity index (χ4n) is 5.21. The van der Waals surface area contributed by atoms with E-state index in [1.54, 1.807) is 18.2 Å². The summed E-state index contributed by atoms with van der Waals surface area (Å²) in [6.07, 6.45) is 0. The first kappa shape index (κ1) is 22.5. The van der Waals surface area contributed by atoms with Crippen LogP contribution in [-0.2, 0) is 0 Å². The van der Waals surface area contributed by atoms with E-state index < -0.39 is 0 Å². The maximum absolute atomic E-state index is 12.9. The molecule has 0 atom stereocenters. The zero-order valence-electron chi connectivity index (χ0n) is 20.4. The van der Waals surface area contributed by atoms with Crippen molar-refractivity contribution in [2.24, 2.45) is 0 Å². The van der Waals surface area contributed by atoms with E-state index in [9.17, 15) is 4.79 Å². The Morgan fingerprint density at radius 3 is 1.91 bits per heavy atom. The van der Waals surface area contributed by atoms with E-state index >= 15 is 0 Å². The molecule has 0 radical (unpaired) electrons. The van der Waals surface area contributed by atoms with E-state index in [1.165, 1.54) is 0 Å². The van der Waals surface area contributed by atoms with Crippen LogP contribution >= 0.6 is 0 Å². The van der Waals surface area contributed by atoms with Crippen LogP contribution in [0.3, 0.4) is 0 Å². The number of nitrogen functional groups attached to an aromatic ring is 2. The van der Waals surface area contributed by atoms with Gasteiger partial charge < -0.3 is 21.5 Å². The van der Waals surface area contributed by atoms with Crippen molar-refractivity contribution in [3.05, 3.63) is 111 Å². The molecule has 4 aromatic rings. The Kier molecular flexibility index (Phi) is 5.48. The first-order valence-corrected chi connectivity index (χ1v) is 11.7. The molecule has 5 rings (SSSR count). The summed E-state index contributed by atoms with van der Waals surface area (Å²) in [7, 11) is 0. The van der Waals surface area contributed by atoms with Crippen LogP contribution in [0, 0.1) is 27.7 Å². The summed E-state index contributed by atoms with van der Waals surface area (Å²) in [5, 5.41) is 2.98. The van der Waals surface area contributed by atoms with Crippen LogP contribution in [0.15, 0.2) is 66.7 Å². The largest absolute Gasteiger partial charge is 0.457 e. The van der Waals surface area contributed by atoms with E-state index in [-0.39, 0.29) is 11.8 Å². The van der Waals surface area contributed by atoms with Crippen molar-refractivity contribution in [2.45, 2.75) is 33.6 Å². The summed E-state index contributed by atoms with van der Waals surface area (Å²) in [5.74, 6) is 1.16. The van der Waals surface area contributed by atoms with E-state index in [0.29, 0.717) is 22.6 Å². The highest BCUT2D eigenvalue weighted by Gasteiger charge is 2.35. The SMILES string of the molecule is Cc1cc(C)c2c(c1)Oc1cc(C)cc(C)c1C2c1c(N)ccc(NC(=O)c2ccccc2)c1N. The molecular formula is C30H29N3O2. The molecule has 4 aromatic carbocycles. The molecule has 5 heteroatoms. The van der Waals surface area contributed by atoms with Gasteiger partial charge in [0.2, 0.25) is 0 Å². The number of carbonyl (C=O) groups excluding carboxylic acids is 1. The minimum absolute atomic E-state index is 0.223. The van der Waals surface area contributed by atoms with Crippen molar-refractivity contribution in [2.75, 3.05) is 16.8 Å². The van der Waals surface area contributed by atoms with Crippen molar-refractivity contribution in [1.29, 1.82) is 0 Å². The van der Waals surface area contributed by atoms with Gasteiger partial charge in [-0.1, -0.05) is 30.3 Å². The van der Waals surface area contributed by atoms with Crippen LogP contribution < -0.4 is 21.5 Å². The molecule has 0 aliphatic carbocycles. The van der Waals surface area contributed by atoms with Gasteiger partial charge in [-0.05, 0) is 86.3 Å². The molecule has 1 amide bonds. The third kappa shape index (κ3) is 3.89. The highest BCUT2D eigenvalue weighted by Crippen LogP contribution is 2.53. The predicted octanol–water partition coefficient (Wildman–Crippen LogP) is 6.62. The minimum Gasteiger partial charge on any atom is -0.457 e. The summed E-state index contributed by atoms with van der Waals surface area (Å²) in [5.41, 5.74) is 22.8. The van der Waals surface area contributed by atoms with Gasteiger partial charge in [-0.25, -0.2) is 0 Å². The number of nitrogens with one attached hydrogen (secondary N) is 1. The van der Waals surface area contributed by atoms with Gasteiger partial charge in [-0.15, -0.1) is 0 Å². The number of fused-ring (bicyclic) bond motifs is 2. The highest BCUT2D eigenvalue weighted by molar-refractivity contribution is 6.06. The molecule has 5 N–H and O–H groups in total. The van der Waals surface area contributed by atoms with Crippen molar-refractivity contribution >= 4 is 23.0 Å². The van der Waals surface area contributed by atoms with Gasteiger partial charge in [0.05, 0.1) is 11.4 Å². The molecule has 176 valence electrons. The van der Waals surface area contributed by atoms with Gasteiger partial charge in [0.1, 0.15) is 11.5 Å². The summed E-state index contributed by atoms with van der Waals surface area (Å²) in [6, 6.07) is 21.1. The molecule has 5 nitrogen and oxygen atoms in total. The Balaban J connectivity index is 1.72. The van der Waals surface area contributed by atoms with E-state index in [2.05, 4.69) is 57.3 Å². The number of hydrogen-bond acceptors (Lipinski definition) is 4. The number of nitrogens with two attached hydrogens (primary N) is 2. The average molecular weight is 464 g/mol. The topological polar surface area (TPSA) is 90.4 Å². The van der Waals surface area contributed by atoms with Gasteiger partial charge in [0.15, 0.2) is 0 Å². The van der Waals surface area contributed by atoms with Crippen LogP contribution in [0.2, 0.25) is 0 Å². The molecule has 0 saturated carbocycles. The molecule has 0 saturated heterocycles. The molecule has 0 aromatic heterocycles. The minimum atomic E-state index is -0.233. The highest BCUT2D eigenvalue weighted by atomic mass is 16.5. The standard InChI is InChI=1S/C30H29N3O2/c1-16-12-18(3)25-23(14-16)35-24-15-17(2)13-19(4)26(24)28(25)27-21(31)10-11-22(29(27)32)33-30(34)20-8-6-5-7-9-20/h5-15,28H,31-32H2,1-4H3,(H,33,34). The lowest BCUT2D eigenvalue weighted by molar-refractivity contribution is 0.102. The lowest BCUT2D eigenvalue weighted by Crippen LogP contribution is -2.19. The number of hydrogen-bond donors (Lipinski definition) is 3. The Bertz CT molecular complexity index is 1420. The van der Waals surface area contributed by atoms with E-state index in [0.717, 1.165) is 50.4 Å². The maximum Gasteiger partial charge on any atom is 0.255 e. The van der Waals surface area contributed by atoms with Gasteiger partial charge in [0.25, 0.3) is 5.91 Å². The Morgan fingerprint density at radius 1 is 0.771 bits per heavy atom. The molecule has 1 aliphatic heterocycles. The van der Waals surface area contributed by atoms with Crippen molar-refractivity contribution < 1.29 is 9.53 Å². The van der Waals surface area contributed by atoms with Crippen LogP contribution in [-0.4, -0.2) is 5.91 Å². The molecular weight excluding hydrogens is 434 g/mol. The predicted molar refractivity (Wildman–Crippen MR) is 143 cm³/mol. The molecule has 0 unspecified atom stereocenters. The van der Waals surface area contributed by atoms with Crippen LogP contribution in [0.4, 0.5) is 17.1 Å². The first-order chi connectivity index (χ1) is 16.7. The molecule has 0 fully saturated rings. The second kappa shape index (κ2) is 8.51. The molecule has 0 bridgehead atoms. The summed E-state index contributed by atoms with van der Waals surface area (Å²) in [4.78, 5) is 12.9. The van der Waals surface area contributed by atoms with Crippen LogP contribution in [0.5, 0.6) is 11.5 Å². The van der Waals surface area contributed by atoms with Gasteiger partial charge in [0, 0.05) is 33.9 Å². The maximum atomic E-state index is 12.9. The smallest absolute Gasteiger partial charge is 0.255 e. The summed E-state index contributed by atoms with van der Waals surface area (Å²) >= 11 is 0. The lowest BCUT2D eigenvalue weighted by atomic mass is 9.77. The number of aryl methyl sites for hydroxylation is 4. The van der Waals surface area contributed by atoms with Crippen molar-refractivity contribution in [1.82, 2.24) is 0 Å². The van der Waals surface area contributed by atoms with Crippen LogP contribution in [0.25, 0.3) is 0 Å². The number of carbonyl (C=O) groups is 1. The zero-order chi connectivity index (χ0) is 24.9. The normalized spacial score (nSPS) is 12.5. The van der Waals surface area contributed by atoms with Crippen LogP contribution in [0.1, 0.15) is 55.2 Å². The number of amides is 1. The van der Waals surface area contributed by atoms with Gasteiger partial charge >= 0.3 is 0 Å². The molecule has 1 aliphatic rings.